The first-order valence-corrected chi connectivity index (χ1v) is 9.19. The van der Waals surface area contributed by atoms with Gasteiger partial charge in [0.25, 0.3) is 5.91 Å². The van der Waals surface area contributed by atoms with E-state index in [9.17, 15) is 4.79 Å². The second-order valence-electron chi connectivity index (χ2n) is 6.53. The van der Waals surface area contributed by atoms with Crippen LogP contribution in [-0.4, -0.2) is 31.6 Å². The Labute approximate surface area is 166 Å². The number of amides is 1. The van der Waals surface area contributed by atoms with E-state index in [0.29, 0.717) is 35.3 Å². The minimum Gasteiger partial charge on any atom is -0.490 e. The Morgan fingerprint density at radius 2 is 1.78 bits per heavy atom. The molecule has 1 fully saturated rings. The fraction of sp³-hybridized carbons (Fsp3) is 0.381. The molecule has 0 aromatic heterocycles. The first-order chi connectivity index (χ1) is 12.7. The number of ether oxygens (including phenoxy) is 2. The second kappa shape index (κ2) is 10.2. The molecule has 1 saturated heterocycles. The van der Waals surface area contributed by atoms with Crippen LogP contribution < -0.4 is 20.1 Å². The molecule has 2 unspecified atom stereocenters. The van der Waals surface area contributed by atoms with Crippen LogP contribution in [0.15, 0.2) is 48.5 Å². The van der Waals surface area contributed by atoms with Crippen LogP contribution in [0.1, 0.15) is 30.6 Å². The van der Waals surface area contributed by atoms with Crippen LogP contribution >= 0.6 is 12.4 Å². The highest BCUT2D eigenvalue weighted by molar-refractivity contribution is 5.97. The number of para-hydroxylation sites is 3. The van der Waals surface area contributed by atoms with Gasteiger partial charge in [-0.3, -0.25) is 4.79 Å². The highest BCUT2D eigenvalue weighted by atomic mass is 35.5. The Kier molecular flexibility index (Phi) is 7.95. The van der Waals surface area contributed by atoms with Gasteiger partial charge in [-0.2, -0.15) is 0 Å². The monoisotopic (exact) mass is 390 g/mol. The van der Waals surface area contributed by atoms with Gasteiger partial charge >= 0.3 is 0 Å². The zero-order chi connectivity index (χ0) is 18.4. The normalized spacial score (nSPS) is 18.9. The van der Waals surface area contributed by atoms with E-state index in [1.807, 2.05) is 43.3 Å². The van der Waals surface area contributed by atoms with Gasteiger partial charge in [0.1, 0.15) is 5.75 Å². The van der Waals surface area contributed by atoms with Crippen LogP contribution in [0.2, 0.25) is 0 Å². The molecule has 1 aliphatic heterocycles. The third-order valence-corrected chi connectivity index (χ3v) is 4.64. The van der Waals surface area contributed by atoms with Crippen LogP contribution in [0, 0.1) is 5.92 Å². The molecule has 1 heterocycles. The van der Waals surface area contributed by atoms with Crippen LogP contribution in [0.5, 0.6) is 17.2 Å². The van der Waals surface area contributed by atoms with Crippen molar-refractivity contribution in [3.05, 3.63) is 54.1 Å². The van der Waals surface area contributed by atoms with Gasteiger partial charge in [-0.1, -0.05) is 31.2 Å². The molecule has 0 radical (unpaired) electrons. The molecule has 2 aromatic rings. The van der Waals surface area contributed by atoms with Crippen LogP contribution in [0.25, 0.3) is 0 Å². The topological polar surface area (TPSA) is 59.6 Å². The number of nitrogens with one attached hydrogen (secondary N) is 2. The summed E-state index contributed by atoms with van der Waals surface area (Å²) in [5.74, 6) is 2.12. The van der Waals surface area contributed by atoms with Crippen molar-refractivity contribution in [1.29, 1.82) is 0 Å². The molecule has 1 amide bonds. The summed E-state index contributed by atoms with van der Waals surface area (Å²) in [5.41, 5.74) is 0.525. The maximum Gasteiger partial charge on any atom is 0.255 e. The molecule has 6 heteroatoms. The van der Waals surface area contributed by atoms with E-state index in [-0.39, 0.29) is 24.4 Å². The van der Waals surface area contributed by atoms with Gasteiger partial charge in [0.05, 0.1) is 12.2 Å². The molecule has 3 rings (SSSR count). The Balaban J connectivity index is 0.00000261. The van der Waals surface area contributed by atoms with Crippen molar-refractivity contribution in [2.45, 2.75) is 26.3 Å². The maximum absolute atomic E-state index is 12.8. The highest BCUT2D eigenvalue weighted by Crippen LogP contribution is 2.33. The molecule has 0 aliphatic carbocycles. The maximum atomic E-state index is 12.8. The van der Waals surface area contributed by atoms with Crippen LogP contribution in [0.4, 0.5) is 0 Å². The lowest BCUT2D eigenvalue weighted by atomic mass is 9.94. The van der Waals surface area contributed by atoms with Crippen molar-refractivity contribution in [1.82, 2.24) is 10.6 Å². The van der Waals surface area contributed by atoms with Crippen molar-refractivity contribution >= 4 is 18.3 Å². The molecule has 2 N–H and O–H groups in total. The van der Waals surface area contributed by atoms with Crippen molar-refractivity contribution < 1.29 is 14.3 Å². The van der Waals surface area contributed by atoms with E-state index >= 15 is 0 Å². The summed E-state index contributed by atoms with van der Waals surface area (Å²) in [6, 6.07) is 14.9. The van der Waals surface area contributed by atoms with E-state index in [2.05, 4.69) is 17.6 Å². The predicted octanol–water partition coefficient (Wildman–Crippen LogP) is 4.03. The van der Waals surface area contributed by atoms with Crippen LogP contribution in [0.3, 0.4) is 0 Å². The lowest BCUT2D eigenvalue weighted by Crippen LogP contribution is -2.50. The number of halogens is 1. The molecule has 1 aliphatic rings. The quantitative estimate of drug-likeness (QED) is 0.781. The number of benzene rings is 2. The number of carbonyl (C=O) groups excluding carboxylic acids is 1. The van der Waals surface area contributed by atoms with Crippen molar-refractivity contribution in [2.24, 2.45) is 5.92 Å². The third kappa shape index (κ3) is 5.37. The minimum atomic E-state index is -0.116. The van der Waals surface area contributed by atoms with Crippen molar-refractivity contribution in [3.8, 4) is 17.2 Å². The van der Waals surface area contributed by atoms with Gasteiger partial charge < -0.3 is 20.1 Å². The molecule has 0 saturated carbocycles. The zero-order valence-corrected chi connectivity index (χ0v) is 16.6. The van der Waals surface area contributed by atoms with Crippen molar-refractivity contribution in [2.75, 3.05) is 19.7 Å². The lowest BCUT2D eigenvalue weighted by Gasteiger charge is -2.30. The van der Waals surface area contributed by atoms with Gasteiger partial charge in [0, 0.05) is 12.6 Å². The van der Waals surface area contributed by atoms with Gasteiger partial charge in [0.2, 0.25) is 0 Å². The number of rotatable bonds is 6. The van der Waals surface area contributed by atoms with Gasteiger partial charge in [-0.15, -0.1) is 12.4 Å². The third-order valence-electron chi connectivity index (χ3n) is 4.64. The molecule has 146 valence electrons. The SMILES string of the molecule is CCOc1ccccc1Oc1ccccc1C(=O)NC1CNCCC1C.Cl. The Bertz CT molecular complexity index is 754. The van der Waals surface area contributed by atoms with Gasteiger partial charge in [-0.25, -0.2) is 0 Å². The van der Waals surface area contributed by atoms with Gasteiger partial charge in [0.15, 0.2) is 11.5 Å². The number of hydrogen-bond donors (Lipinski definition) is 2. The Morgan fingerprint density at radius 3 is 2.48 bits per heavy atom. The largest absolute Gasteiger partial charge is 0.490 e. The molecule has 5 nitrogen and oxygen atoms in total. The molecule has 0 bridgehead atoms. The predicted molar refractivity (Wildman–Crippen MR) is 109 cm³/mol. The van der Waals surface area contributed by atoms with E-state index in [1.165, 1.54) is 0 Å². The standard InChI is InChI=1S/C21H26N2O3.ClH/c1-3-25-19-10-6-7-11-20(19)26-18-9-5-4-8-16(18)21(24)23-17-14-22-13-12-15(17)2;/h4-11,15,17,22H,3,12-14H2,1-2H3,(H,23,24);1H. The number of carbonyl (C=O) groups is 1. The summed E-state index contributed by atoms with van der Waals surface area (Å²) in [5, 5.41) is 6.47. The first kappa shape index (κ1) is 21.1. The minimum absolute atomic E-state index is 0. The van der Waals surface area contributed by atoms with E-state index in [0.717, 1.165) is 19.5 Å². The van der Waals surface area contributed by atoms with Crippen molar-refractivity contribution in [3.63, 3.8) is 0 Å². The average molecular weight is 391 g/mol. The summed E-state index contributed by atoms with van der Waals surface area (Å²) in [7, 11) is 0. The summed E-state index contributed by atoms with van der Waals surface area (Å²) in [6.07, 6.45) is 1.06. The average Bonchev–Trinajstić information content (AvgIpc) is 2.66. The molecule has 2 atom stereocenters. The molecular weight excluding hydrogens is 364 g/mol. The molecule has 2 aromatic carbocycles. The number of hydrogen-bond acceptors (Lipinski definition) is 4. The van der Waals surface area contributed by atoms with E-state index in [4.69, 9.17) is 9.47 Å². The lowest BCUT2D eigenvalue weighted by molar-refractivity contribution is 0.0913. The summed E-state index contributed by atoms with van der Waals surface area (Å²) >= 11 is 0. The van der Waals surface area contributed by atoms with Gasteiger partial charge in [-0.05, 0) is 50.1 Å². The molecule has 0 spiro atoms. The molecular formula is C21H27ClN2O3. The smallest absolute Gasteiger partial charge is 0.255 e. The zero-order valence-electron chi connectivity index (χ0n) is 15.7. The highest BCUT2D eigenvalue weighted by Gasteiger charge is 2.24. The molecule has 27 heavy (non-hydrogen) atoms. The van der Waals surface area contributed by atoms with E-state index in [1.54, 1.807) is 12.1 Å². The summed E-state index contributed by atoms with van der Waals surface area (Å²) in [6.45, 7) is 6.45. The van der Waals surface area contributed by atoms with Crippen LogP contribution in [-0.2, 0) is 0 Å². The Hall–Kier alpha value is -2.24. The summed E-state index contributed by atoms with van der Waals surface area (Å²) < 4.78 is 11.6. The second-order valence-corrected chi connectivity index (χ2v) is 6.53. The first-order valence-electron chi connectivity index (χ1n) is 9.19. The fourth-order valence-corrected chi connectivity index (χ4v) is 3.10. The summed E-state index contributed by atoms with van der Waals surface area (Å²) in [4.78, 5) is 12.8. The Morgan fingerprint density at radius 1 is 1.11 bits per heavy atom. The van der Waals surface area contributed by atoms with E-state index < -0.39 is 0 Å². The number of piperidine rings is 1. The fourth-order valence-electron chi connectivity index (χ4n) is 3.10.